The van der Waals surface area contributed by atoms with Crippen molar-refractivity contribution in [3.8, 4) is 0 Å². The first-order valence-corrected chi connectivity index (χ1v) is 6.34. The van der Waals surface area contributed by atoms with Crippen molar-refractivity contribution in [3.63, 3.8) is 0 Å². The Balaban J connectivity index is 2.35. The molecule has 9 nitrogen and oxygen atoms in total. The van der Waals surface area contributed by atoms with E-state index in [1.807, 2.05) is 0 Å². The molecule has 5 atom stereocenters. The molecule has 5 N–H and O–H groups in total. The number of aliphatic carboxylic acids is 1. The molecule has 21 heavy (non-hydrogen) atoms. The number of aliphatic hydroxyl groups is 3. The van der Waals surface area contributed by atoms with Gasteiger partial charge < -0.3 is 34.8 Å². The topological polar surface area (TPSA) is 144 Å². The van der Waals surface area contributed by atoms with E-state index in [-0.39, 0.29) is 5.76 Å². The monoisotopic (exact) mass is 302 g/mol. The summed E-state index contributed by atoms with van der Waals surface area (Å²) in [7, 11) is 1.57. The summed E-state index contributed by atoms with van der Waals surface area (Å²) in [6.45, 7) is 1.02. The molecule has 0 aromatic heterocycles. The quantitative estimate of drug-likeness (QED) is 0.380. The van der Waals surface area contributed by atoms with Crippen LogP contribution in [0.2, 0.25) is 0 Å². The van der Waals surface area contributed by atoms with Gasteiger partial charge in [0.2, 0.25) is 6.29 Å². The van der Waals surface area contributed by atoms with E-state index in [0.717, 1.165) is 0 Å². The molecule has 2 heterocycles. The number of nitrogens with zero attached hydrogens (tertiary/aromatic N) is 1. The summed E-state index contributed by atoms with van der Waals surface area (Å²) in [5.41, 5.74) is -0.400. The molecule has 2 aliphatic heterocycles. The van der Waals surface area contributed by atoms with E-state index in [2.05, 4.69) is 0 Å². The minimum atomic E-state index is -1.45. The number of hydrogen-bond donors (Lipinski definition) is 5. The highest BCUT2D eigenvalue weighted by Gasteiger charge is 2.50. The lowest BCUT2D eigenvalue weighted by Gasteiger charge is -2.49. The third-order valence-electron chi connectivity index (χ3n) is 3.83. The van der Waals surface area contributed by atoms with Crippen LogP contribution in [0.15, 0.2) is 11.5 Å². The van der Waals surface area contributed by atoms with Crippen molar-refractivity contribution in [1.82, 2.24) is 4.90 Å². The second-order valence-corrected chi connectivity index (χ2v) is 5.02. The molecule has 0 aromatic rings. The highest BCUT2D eigenvalue weighted by Crippen LogP contribution is 2.33. The van der Waals surface area contributed by atoms with E-state index >= 15 is 0 Å². The Morgan fingerprint density at radius 3 is 2.52 bits per heavy atom. The number of rotatable bonds is 3. The summed E-state index contributed by atoms with van der Waals surface area (Å²) >= 11 is 0. The van der Waals surface area contributed by atoms with Gasteiger partial charge in [-0.25, -0.2) is 4.79 Å². The lowest BCUT2D eigenvalue weighted by atomic mass is 9.94. The van der Waals surface area contributed by atoms with Crippen molar-refractivity contribution >= 4 is 11.7 Å². The lowest BCUT2D eigenvalue weighted by molar-refractivity contribution is -0.279. The maximum atomic E-state index is 10.9. The van der Waals surface area contributed by atoms with E-state index in [1.54, 1.807) is 14.0 Å². The minimum Gasteiger partial charge on any atom is -0.476 e. The highest BCUT2D eigenvalue weighted by molar-refractivity contribution is 6.40. The van der Waals surface area contributed by atoms with Gasteiger partial charge in [-0.1, -0.05) is 0 Å². The standard InChI is InChI=1S/C12H18N2O7/c1-4-10(6(13)11(18)19)21-12-7(14(4)2)9(17)8(16)5(3-15)20-12/h5,7-9,12-13,15-17H,3H2,1-2H3,(H,18,19). The molecule has 0 radical (unpaired) electrons. The Morgan fingerprint density at radius 2 is 2.00 bits per heavy atom. The number of allylic oxidation sites excluding steroid dienone is 1. The van der Waals surface area contributed by atoms with Gasteiger partial charge >= 0.3 is 5.97 Å². The molecule has 118 valence electrons. The average Bonchev–Trinajstić information content (AvgIpc) is 2.45. The first kappa shape index (κ1) is 15.7. The highest BCUT2D eigenvalue weighted by atomic mass is 16.7. The van der Waals surface area contributed by atoms with Gasteiger partial charge in [-0.2, -0.15) is 0 Å². The number of fused-ring (bicyclic) bond motifs is 1. The van der Waals surface area contributed by atoms with Crippen molar-refractivity contribution < 1.29 is 34.7 Å². The lowest BCUT2D eigenvalue weighted by Crippen LogP contribution is -2.65. The van der Waals surface area contributed by atoms with Crippen LogP contribution in [0.25, 0.3) is 0 Å². The number of likely N-dealkylation sites (N-methyl/N-ethyl adjacent to an activating group) is 1. The molecule has 1 saturated heterocycles. The molecule has 9 heteroatoms. The molecule has 1 fully saturated rings. The van der Waals surface area contributed by atoms with E-state index in [4.69, 9.17) is 25.1 Å². The molecule has 2 rings (SSSR count). The maximum absolute atomic E-state index is 10.9. The second-order valence-electron chi connectivity index (χ2n) is 5.02. The van der Waals surface area contributed by atoms with Gasteiger partial charge in [0.05, 0.1) is 12.3 Å². The molecule has 0 bridgehead atoms. The van der Waals surface area contributed by atoms with Gasteiger partial charge in [0.15, 0.2) is 11.5 Å². The summed E-state index contributed by atoms with van der Waals surface area (Å²) in [4.78, 5) is 12.4. The summed E-state index contributed by atoms with van der Waals surface area (Å²) in [5.74, 6) is -1.63. The zero-order valence-corrected chi connectivity index (χ0v) is 11.6. The van der Waals surface area contributed by atoms with Crippen LogP contribution in [0.4, 0.5) is 0 Å². The first-order valence-electron chi connectivity index (χ1n) is 6.34. The number of carboxylic acids is 1. The van der Waals surface area contributed by atoms with E-state index < -0.39 is 48.9 Å². The van der Waals surface area contributed by atoms with Crippen LogP contribution >= 0.6 is 0 Å². The average molecular weight is 302 g/mol. The van der Waals surface area contributed by atoms with Crippen LogP contribution in [0, 0.1) is 5.41 Å². The Hall–Kier alpha value is -1.68. The molecule has 5 unspecified atom stereocenters. The van der Waals surface area contributed by atoms with Crippen LogP contribution in [0.1, 0.15) is 6.92 Å². The van der Waals surface area contributed by atoms with Crippen molar-refractivity contribution in [2.24, 2.45) is 0 Å². The first-order chi connectivity index (χ1) is 9.79. The summed E-state index contributed by atoms with van der Waals surface area (Å²) in [6.07, 6.45) is -4.69. The second kappa shape index (κ2) is 5.60. The molecular weight excluding hydrogens is 284 g/mol. The minimum absolute atomic E-state index is 0.175. The molecule has 0 amide bonds. The molecule has 2 aliphatic rings. The predicted octanol–water partition coefficient (Wildman–Crippen LogP) is -1.91. The summed E-state index contributed by atoms with van der Waals surface area (Å²) in [5, 5.41) is 45.6. The number of ether oxygens (including phenoxy) is 2. The largest absolute Gasteiger partial charge is 0.476 e. The molecular formula is C12H18N2O7. The van der Waals surface area contributed by atoms with Gasteiger partial charge in [-0.05, 0) is 6.92 Å². The zero-order valence-electron chi connectivity index (χ0n) is 11.6. The van der Waals surface area contributed by atoms with Gasteiger partial charge in [-0.3, -0.25) is 5.41 Å². The van der Waals surface area contributed by atoms with Crippen molar-refractivity contribution in [1.29, 1.82) is 5.41 Å². The molecule has 0 aromatic carbocycles. The van der Waals surface area contributed by atoms with E-state index in [1.165, 1.54) is 4.90 Å². The van der Waals surface area contributed by atoms with Crippen LogP contribution in [0.5, 0.6) is 0 Å². The molecule has 0 spiro atoms. The Kier molecular flexibility index (Phi) is 4.19. The zero-order chi connectivity index (χ0) is 15.9. The van der Waals surface area contributed by atoms with E-state index in [0.29, 0.717) is 5.70 Å². The van der Waals surface area contributed by atoms with Crippen molar-refractivity contribution in [2.75, 3.05) is 13.7 Å². The Morgan fingerprint density at radius 1 is 1.38 bits per heavy atom. The van der Waals surface area contributed by atoms with Crippen molar-refractivity contribution in [2.45, 2.75) is 37.6 Å². The van der Waals surface area contributed by atoms with Gasteiger partial charge in [0.25, 0.3) is 0 Å². The number of aliphatic hydroxyl groups excluding tert-OH is 3. The number of nitrogens with one attached hydrogen (secondary N) is 1. The summed E-state index contributed by atoms with van der Waals surface area (Å²) < 4.78 is 10.7. The fourth-order valence-corrected chi connectivity index (χ4v) is 2.50. The van der Waals surface area contributed by atoms with Gasteiger partial charge in [0.1, 0.15) is 24.4 Å². The summed E-state index contributed by atoms with van der Waals surface area (Å²) in [6, 6.07) is -0.770. The van der Waals surface area contributed by atoms with E-state index in [9.17, 15) is 15.0 Å². The SMILES string of the molecule is CC1=C(C(=N)C(=O)O)OC2OC(CO)C(O)C(O)C2N1C. The van der Waals surface area contributed by atoms with Crippen LogP contribution in [-0.4, -0.2) is 81.3 Å². The molecule has 0 saturated carbocycles. The van der Waals surface area contributed by atoms with Crippen LogP contribution in [0.3, 0.4) is 0 Å². The molecule has 0 aliphatic carbocycles. The third-order valence-corrected chi connectivity index (χ3v) is 3.83. The Labute approximate surface area is 120 Å². The Bertz CT molecular complexity index is 492. The normalized spacial score (nSPS) is 36.0. The smallest absolute Gasteiger partial charge is 0.357 e. The van der Waals surface area contributed by atoms with Gasteiger partial charge in [-0.15, -0.1) is 0 Å². The fourth-order valence-electron chi connectivity index (χ4n) is 2.50. The fraction of sp³-hybridized carbons (Fsp3) is 0.667. The number of hydrogen-bond acceptors (Lipinski definition) is 8. The van der Waals surface area contributed by atoms with Crippen LogP contribution in [-0.2, 0) is 14.3 Å². The van der Waals surface area contributed by atoms with Crippen molar-refractivity contribution in [3.05, 3.63) is 11.5 Å². The third kappa shape index (κ3) is 2.48. The van der Waals surface area contributed by atoms with Crippen LogP contribution < -0.4 is 0 Å². The number of carbonyl (C=O) groups is 1. The van der Waals surface area contributed by atoms with Gasteiger partial charge in [0, 0.05) is 7.05 Å². The maximum Gasteiger partial charge on any atom is 0.357 e. The predicted molar refractivity (Wildman–Crippen MR) is 68.5 cm³/mol. The number of carboxylic acid groups (broad SMARTS) is 1.